The Kier molecular flexibility index (Phi) is 4.46. The van der Waals surface area contributed by atoms with Gasteiger partial charge in [0.05, 0.1) is 16.3 Å². The minimum absolute atomic E-state index is 0.324. The smallest absolute Gasteiger partial charge is 0.253 e. The van der Waals surface area contributed by atoms with E-state index in [2.05, 4.69) is 5.32 Å². The molecule has 0 aliphatic rings. The Labute approximate surface area is 122 Å². The zero-order chi connectivity index (χ0) is 13.8. The molecule has 1 N–H and O–H groups in total. The van der Waals surface area contributed by atoms with Crippen LogP contribution in [-0.4, -0.2) is 12.3 Å². The van der Waals surface area contributed by atoms with Crippen molar-refractivity contribution in [3.63, 3.8) is 0 Å². The van der Waals surface area contributed by atoms with E-state index in [0.717, 1.165) is 17.7 Å². The first-order valence-corrected chi connectivity index (χ1v) is 6.62. The van der Waals surface area contributed by atoms with E-state index in [9.17, 15) is 4.79 Å². The molecule has 0 amide bonds. The Balaban J connectivity index is 2.42. The summed E-state index contributed by atoms with van der Waals surface area (Å²) in [6.45, 7) is 0. The predicted octanol–water partition coefficient (Wildman–Crippen LogP) is 4.35. The van der Waals surface area contributed by atoms with Crippen molar-refractivity contribution in [3.8, 4) is 0 Å². The number of halogens is 2. The summed E-state index contributed by atoms with van der Waals surface area (Å²) in [4.78, 5) is 11.3. The second kappa shape index (κ2) is 6.09. The normalized spacial score (nSPS) is 10.3. The Morgan fingerprint density at radius 1 is 1.16 bits per heavy atom. The zero-order valence-electron chi connectivity index (χ0n) is 10.4. The molecule has 2 nitrogen and oxygen atoms in total. The Morgan fingerprint density at radius 3 is 2.42 bits per heavy atom. The average Bonchev–Trinajstić information content (AvgIpc) is 2.40. The molecule has 98 valence electrons. The number of hydrogen-bond acceptors (Lipinski definition) is 2. The molecule has 0 heterocycles. The van der Waals surface area contributed by atoms with Gasteiger partial charge >= 0.3 is 0 Å². The second-order valence-electron chi connectivity index (χ2n) is 4.15. The fourth-order valence-corrected chi connectivity index (χ4v) is 2.57. The van der Waals surface area contributed by atoms with Crippen molar-refractivity contribution in [2.45, 2.75) is 6.42 Å². The van der Waals surface area contributed by atoms with Gasteiger partial charge in [-0.15, -0.1) is 0 Å². The minimum atomic E-state index is -0.548. The summed E-state index contributed by atoms with van der Waals surface area (Å²) in [5.74, 6) is 0. The first kappa shape index (κ1) is 13.9. The van der Waals surface area contributed by atoms with Gasteiger partial charge in [-0.25, -0.2) is 0 Å². The van der Waals surface area contributed by atoms with Crippen molar-refractivity contribution in [1.82, 2.24) is 0 Å². The van der Waals surface area contributed by atoms with Crippen LogP contribution in [0, 0.1) is 0 Å². The molecule has 0 bridgehead atoms. The number of carbonyl (C=O) groups is 1. The van der Waals surface area contributed by atoms with E-state index in [4.69, 9.17) is 23.2 Å². The molecule has 4 heteroatoms. The Bertz CT molecular complexity index is 597. The van der Waals surface area contributed by atoms with E-state index in [0.29, 0.717) is 10.6 Å². The van der Waals surface area contributed by atoms with Gasteiger partial charge in [0.1, 0.15) is 0 Å². The van der Waals surface area contributed by atoms with Crippen LogP contribution in [0.4, 0.5) is 5.69 Å². The van der Waals surface area contributed by atoms with Crippen molar-refractivity contribution in [2.75, 3.05) is 12.4 Å². The van der Waals surface area contributed by atoms with Crippen LogP contribution >= 0.6 is 23.2 Å². The molecule has 0 atom stereocenters. The number of hydrogen-bond donors (Lipinski definition) is 1. The summed E-state index contributed by atoms with van der Waals surface area (Å²) in [6, 6.07) is 13.6. The number of carbonyl (C=O) groups excluding carboxylic acids is 1. The average molecular weight is 294 g/mol. The monoisotopic (exact) mass is 293 g/mol. The van der Waals surface area contributed by atoms with E-state index in [1.54, 1.807) is 13.1 Å². The third-order valence-electron chi connectivity index (χ3n) is 2.93. The molecule has 0 spiro atoms. The molecule has 0 fully saturated rings. The lowest BCUT2D eigenvalue weighted by Gasteiger charge is -2.13. The Hall–Kier alpha value is -1.51. The van der Waals surface area contributed by atoms with Gasteiger partial charge in [-0.2, -0.15) is 0 Å². The van der Waals surface area contributed by atoms with Gasteiger partial charge in [-0.1, -0.05) is 48.0 Å². The van der Waals surface area contributed by atoms with Crippen LogP contribution in [-0.2, 0) is 6.42 Å². The van der Waals surface area contributed by atoms with Gasteiger partial charge in [0.25, 0.3) is 5.24 Å². The van der Waals surface area contributed by atoms with E-state index in [1.165, 1.54) is 5.56 Å². The number of anilines is 1. The van der Waals surface area contributed by atoms with Gasteiger partial charge in [0.2, 0.25) is 0 Å². The van der Waals surface area contributed by atoms with Crippen LogP contribution in [0.1, 0.15) is 21.5 Å². The van der Waals surface area contributed by atoms with Crippen LogP contribution in [0.25, 0.3) is 0 Å². The predicted molar refractivity (Wildman–Crippen MR) is 80.4 cm³/mol. The first-order chi connectivity index (χ1) is 9.13. The van der Waals surface area contributed by atoms with Crippen molar-refractivity contribution in [2.24, 2.45) is 0 Å². The first-order valence-electron chi connectivity index (χ1n) is 5.86. The van der Waals surface area contributed by atoms with Crippen LogP contribution in [0.15, 0.2) is 42.5 Å². The Morgan fingerprint density at radius 2 is 1.84 bits per heavy atom. The summed E-state index contributed by atoms with van der Waals surface area (Å²) < 4.78 is 0. The highest BCUT2D eigenvalue weighted by Crippen LogP contribution is 2.32. The highest BCUT2D eigenvalue weighted by atomic mass is 35.5. The standard InChI is InChI=1S/C15H13Cl2NO/c1-18-14-11(9-10-5-3-2-4-6-10)7-8-12(13(14)16)15(17)19/h2-8,18H,9H2,1H3. The molecule has 19 heavy (non-hydrogen) atoms. The van der Waals surface area contributed by atoms with Gasteiger partial charge in [-0.05, 0) is 35.2 Å². The van der Waals surface area contributed by atoms with E-state index < -0.39 is 5.24 Å². The van der Waals surface area contributed by atoms with Crippen molar-refractivity contribution in [1.29, 1.82) is 0 Å². The van der Waals surface area contributed by atoms with Crippen LogP contribution < -0.4 is 5.32 Å². The summed E-state index contributed by atoms with van der Waals surface area (Å²) in [5, 5.41) is 2.86. The van der Waals surface area contributed by atoms with Crippen LogP contribution in [0.5, 0.6) is 0 Å². The molecular formula is C15H13Cl2NO. The largest absolute Gasteiger partial charge is 0.387 e. The van der Waals surface area contributed by atoms with Crippen molar-refractivity contribution < 1.29 is 4.79 Å². The van der Waals surface area contributed by atoms with Gasteiger partial charge < -0.3 is 5.32 Å². The molecule has 0 unspecified atom stereocenters. The lowest BCUT2D eigenvalue weighted by molar-refractivity contribution is 0.108. The molecule has 0 aromatic heterocycles. The topological polar surface area (TPSA) is 29.1 Å². The summed E-state index contributed by atoms with van der Waals surface area (Å²) in [5.41, 5.74) is 3.28. The lowest BCUT2D eigenvalue weighted by Crippen LogP contribution is -2.01. The fraction of sp³-hybridized carbons (Fsp3) is 0.133. The second-order valence-corrected chi connectivity index (χ2v) is 4.87. The molecular weight excluding hydrogens is 281 g/mol. The fourth-order valence-electron chi connectivity index (χ4n) is 2.00. The van der Waals surface area contributed by atoms with E-state index >= 15 is 0 Å². The molecule has 0 saturated carbocycles. The summed E-state index contributed by atoms with van der Waals surface area (Å²) in [7, 11) is 1.78. The van der Waals surface area contributed by atoms with Gasteiger partial charge in [0, 0.05) is 7.05 Å². The van der Waals surface area contributed by atoms with Crippen molar-refractivity contribution >= 4 is 34.1 Å². The highest BCUT2D eigenvalue weighted by molar-refractivity contribution is 6.69. The summed E-state index contributed by atoms with van der Waals surface area (Å²) in [6.07, 6.45) is 0.744. The molecule has 0 radical (unpaired) electrons. The molecule has 2 aromatic carbocycles. The lowest BCUT2D eigenvalue weighted by atomic mass is 10.0. The van der Waals surface area contributed by atoms with E-state index in [-0.39, 0.29) is 0 Å². The maximum absolute atomic E-state index is 11.3. The zero-order valence-corrected chi connectivity index (χ0v) is 11.9. The maximum atomic E-state index is 11.3. The number of rotatable bonds is 4. The third-order valence-corrected chi connectivity index (χ3v) is 3.52. The number of benzene rings is 2. The number of nitrogens with one attached hydrogen (secondary N) is 1. The molecule has 2 aromatic rings. The highest BCUT2D eigenvalue weighted by Gasteiger charge is 2.14. The quantitative estimate of drug-likeness (QED) is 0.849. The minimum Gasteiger partial charge on any atom is -0.387 e. The van der Waals surface area contributed by atoms with E-state index in [1.807, 2.05) is 36.4 Å². The molecule has 0 aliphatic carbocycles. The maximum Gasteiger partial charge on any atom is 0.253 e. The molecule has 0 aliphatic heterocycles. The van der Waals surface area contributed by atoms with Crippen LogP contribution in [0.2, 0.25) is 5.02 Å². The van der Waals surface area contributed by atoms with Crippen LogP contribution in [0.3, 0.4) is 0 Å². The SMILES string of the molecule is CNc1c(Cc2ccccc2)ccc(C(=O)Cl)c1Cl. The molecule has 0 saturated heterocycles. The van der Waals surface area contributed by atoms with Gasteiger partial charge in [-0.3, -0.25) is 4.79 Å². The third kappa shape index (κ3) is 3.09. The van der Waals surface area contributed by atoms with Gasteiger partial charge in [0.15, 0.2) is 0 Å². The summed E-state index contributed by atoms with van der Waals surface area (Å²) >= 11 is 11.7. The molecule has 2 rings (SSSR count). The van der Waals surface area contributed by atoms with Crippen molar-refractivity contribution in [3.05, 3.63) is 64.2 Å².